The fraction of sp³-hybridized carbons (Fsp3) is 0.429. The summed E-state index contributed by atoms with van der Waals surface area (Å²) in [6, 6.07) is 22.3. The molecule has 0 radical (unpaired) electrons. The lowest BCUT2D eigenvalue weighted by Gasteiger charge is -2.31. The molecule has 2 unspecified atom stereocenters. The number of nitrogens with zero attached hydrogens (tertiary/aromatic N) is 1. The van der Waals surface area contributed by atoms with E-state index < -0.39 is 8.56 Å². The van der Waals surface area contributed by atoms with E-state index in [-0.39, 0.29) is 12.1 Å². The van der Waals surface area contributed by atoms with Gasteiger partial charge in [0, 0.05) is 52.5 Å². The highest BCUT2D eigenvalue weighted by Gasteiger charge is 2.28. The van der Waals surface area contributed by atoms with E-state index in [0.29, 0.717) is 0 Å². The zero-order valence-electron chi connectivity index (χ0n) is 21.2. The molecule has 0 saturated carbocycles. The number of hydrogen-bond donors (Lipinski definition) is 2. The first-order valence-electron chi connectivity index (χ1n) is 12.1. The highest BCUT2D eigenvalue weighted by Crippen LogP contribution is 2.15. The van der Waals surface area contributed by atoms with E-state index in [9.17, 15) is 0 Å². The topological polar surface area (TPSA) is 45.8 Å². The maximum Gasteiger partial charge on any atom is 0.334 e. The van der Waals surface area contributed by atoms with Gasteiger partial charge in [-0.15, -0.1) is 13.2 Å². The molecule has 2 N–H and O–H groups in total. The van der Waals surface area contributed by atoms with Gasteiger partial charge in [-0.2, -0.15) is 0 Å². The first-order valence-corrected chi connectivity index (χ1v) is 14.7. The molecule has 34 heavy (non-hydrogen) atoms. The molecule has 0 aliphatic heterocycles. The van der Waals surface area contributed by atoms with Gasteiger partial charge in [0.25, 0.3) is 0 Å². The lowest BCUT2D eigenvalue weighted by atomic mass is 10.1. The van der Waals surface area contributed by atoms with Crippen molar-refractivity contribution in [2.75, 3.05) is 33.9 Å². The van der Waals surface area contributed by atoms with Crippen LogP contribution in [0.3, 0.4) is 0 Å². The first kappa shape index (κ1) is 28.2. The van der Waals surface area contributed by atoms with Gasteiger partial charge in [0.2, 0.25) is 0 Å². The summed E-state index contributed by atoms with van der Waals surface area (Å²) in [6.07, 6.45) is 5.05. The SMILES string of the molecule is C=CC(CN(CCC[Si](C)(OC)OC)CC(C=C)NCc1ccccc1)NCc1ccccc1. The van der Waals surface area contributed by atoms with Crippen LogP contribution in [0.25, 0.3) is 0 Å². The molecule has 186 valence electrons. The minimum Gasteiger partial charge on any atom is -0.398 e. The zero-order valence-corrected chi connectivity index (χ0v) is 22.2. The van der Waals surface area contributed by atoms with E-state index in [1.54, 1.807) is 14.2 Å². The summed E-state index contributed by atoms with van der Waals surface area (Å²) in [7, 11) is 1.44. The molecule has 0 fully saturated rings. The summed E-state index contributed by atoms with van der Waals surface area (Å²) >= 11 is 0. The van der Waals surface area contributed by atoms with E-state index in [0.717, 1.165) is 45.2 Å². The molecule has 2 aromatic rings. The zero-order chi connectivity index (χ0) is 24.7. The smallest absolute Gasteiger partial charge is 0.334 e. The minimum absolute atomic E-state index is 0.188. The highest BCUT2D eigenvalue weighted by atomic mass is 28.4. The average Bonchev–Trinajstić information content (AvgIpc) is 2.89. The highest BCUT2D eigenvalue weighted by molar-refractivity contribution is 6.65. The lowest BCUT2D eigenvalue weighted by molar-refractivity contribution is 0.225. The Morgan fingerprint density at radius 3 is 1.65 bits per heavy atom. The molecule has 0 aromatic heterocycles. The maximum atomic E-state index is 5.69. The average molecular weight is 482 g/mol. The van der Waals surface area contributed by atoms with E-state index >= 15 is 0 Å². The molecule has 0 aliphatic rings. The quantitative estimate of drug-likeness (QED) is 0.238. The third kappa shape index (κ3) is 10.5. The molecule has 0 aliphatic carbocycles. The number of benzene rings is 2. The van der Waals surface area contributed by atoms with E-state index in [2.05, 4.69) is 83.8 Å². The molecule has 0 amide bonds. The van der Waals surface area contributed by atoms with Crippen LogP contribution < -0.4 is 10.6 Å². The van der Waals surface area contributed by atoms with Gasteiger partial charge >= 0.3 is 8.56 Å². The molecule has 0 heterocycles. The van der Waals surface area contributed by atoms with Gasteiger partial charge in [-0.3, -0.25) is 4.90 Å². The summed E-state index contributed by atoms with van der Waals surface area (Å²) in [5.74, 6) is 0. The van der Waals surface area contributed by atoms with Crippen LogP contribution >= 0.6 is 0 Å². The van der Waals surface area contributed by atoms with Gasteiger partial charge in [-0.05, 0) is 36.7 Å². The van der Waals surface area contributed by atoms with Gasteiger partial charge in [0.15, 0.2) is 0 Å². The Morgan fingerprint density at radius 1 is 0.824 bits per heavy atom. The van der Waals surface area contributed by atoms with Gasteiger partial charge in [-0.25, -0.2) is 0 Å². The van der Waals surface area contributed by atoms with Crippen LogP contribution in [0.15, 0.2) is 86.0 Å². The summed E-state index contributed by atoms with van der Waals surface area (Å²) in [4.78, 5) is 2.49. The van der Waals surface area contributed by atoms with Crippen molar-refractivity contribution in [2.45, 2.75) is 44.2 Å². The largest absolute Gasteiger partial charge is 0.398 e. The number of rotatable bonds is 18. The second kappa shape index (κ2) is 15.8. The van der Waals surface area contributed by atoms with Crippen LogP contribution in [0.1, 0.15) is 17.5 Å². The summed E-state index contributed by atoms with van der Waals surface area (Å²) in [5.41, 5.74) is 2.55. The molecule has 0 saturated heterocycles. The molecule has 0 spiro atoms. The van der Waals surface area contributed by atoms with Crippen molar-refractivity contribution in [3.05, 3.63) is 97.1 Å². The van der Waals surface area contributed by atoms with Crippen LogP contribution in [-0.2, 0) is 21.9 Å². The standard InChI is InChI=1S/C28H43N3O2Si/c1-6-27(29-21-25-15-10-8-11-16-25)23-31(19-14-20-34(5,32-3)33-4)24-28(7-2)30-22-26-17-12-9-13-18-26/h6-13,15-18,27-30H,1-2,14,19-24H2,3-5H3. The molecule has 2 atom stereocenters. The summed E-state index contributed by atoms with van der Waals surface area (Å²) in [5, 5.41) is 7.30. The van der Waals surface area contributed by atoms with Gasteiger partial charge < -0.3 is 19.5 Å². The van der Waals surface area contributed by atoms with Crippen molar-refractivity contribution in [3.8, 4) is 0 Å². The van der Waals surface area contributed by atoms with Gasteiger partial charge in [-0.1, -0.05) is 72.8 Å². The summed E-state index contributed by atoms with van der Waals surface area (Å²) < 4.78 is 11.4. The van der Waals surface area contributed by atoms with Crippen LogP contribution in [0.2, 0.25) is 12.6 Å². The van der Waals surface area contributed by atoms with Crippen LogP contribution in [0.4, 0.5) is 0 Å². The van der Waals surface area contributed by atoms with E-state index in [4.69, 9.17) is 8.85 Å². The summed E-state index contributed by atoms with van der Waals surface area (Å²) in [6.45, 7) is 14.7. The number of nitrogens with one attached hydrogen (secondary N) is 2. The monoisotopic (exact) mass is 481 g/mol. The predicted molar refractivity (Wildman–Crippen MR) is 146 cm³/mol. The second-order valence-corrected chi connectivity index (χ2v) is 12.4. The van der Waals surface area contributed by atoms with E-state index in [1.165, 1.54) is 11.1 Å². The van der Waals surface area contributed by atoms with Crippen LogP contribution in [-0.4, -0.2) is 59.4 Å². The third-order valence-corrected chi connectivity index (χ3v) is 9.26. The lowest BCUT2D eigenvalue weighted by Crippen LogP contribution is -2.46. The molecule has 0 bridgehead atoms. The maximum absolute atomic E-state index is 5.69. The molecule has 5 nitrogen and oxygen atoms in total. The Hall–Kier alpha value is -2.06. The Morgan fingerprint density at radius 2 is 1.26 bits per heavy atom. The Kier molecular flexibility index (Phi) is 13.1. The first-order chi connectivity index (χ1) is 16.5. The fourth-order valence-electron chi connectivity index (χ4n) is 3.86. The Balaban J connectivity index is 1.98. The van der Waals surface area contributed by atoms with Gasteiger partial charge in [0.05, 0.1) is 0 Å². The Bertz CT molecular complexity index is 757. The van der Waals surface area contributed by atoms with Crippen molar-refractivity contribution in [3.63, 3.8) is 0 Å². The van der Waals surface area contributed by atoms with Crippen molar-refractivity contribution >= 4 is 8.56 Å². The fourth-order valence-corrected chi connectivity index (χ4v) is 5.23. The third-order valence-electron chi connectivity index (χ3n) is 6.27. The molecule has 2 aromatic carbocycles. The predicted octanol–water partition coefficient (Wildman–Crippen LogP) is 4.73. The molecule has 6 heteroatoms. The van der Waals surface area contributed by atoms with Crippen molar-refractivity contribution in [1.29, 1.82) is 0 Å². The molecule has 2 rings (SSSR count). The van der Waals surface area contributed by atoms with E-state index in [1.807, 2.05) is 24.3 Å². The number of hydrogen-bond acceptors (Lipinski definition) is 5. The molecular formula is C28H43N3O2Si. The second-order valence-electron chi connectivity index (χ2n) is 8.82. The Labute approximate surface area is 208 Å². The normalized spacial score (nSPS) is 13.5. The molecular weight excluding hydrogens is 438 g/mol. The van der Waals surface area contributed by atoms with Crippen molar-refractivity contribution < 1.29 is 8.85 Å². The van der Waals surface area contributed by atoms with Crippen molar-refractivity contribution in [1.82, 2.24) is 15.5 Å². The van der Waals surface area contributed by atoms with Crippen LogP contribution in [0.5, 0.6) is 0 Å². The van der Waals surface area contributed by atoms with Crippen LogP contribution in [0, 0.1) is 0 Å². The van der Waals surface area contributed by atoms with Crippen molar-refractivity contribution in [2.24, 2.45) is 0 Å². The minimum atomic E-state index is -2.08. The van der Waals surface area contributed by atoms with Gasteiger partial charge in [0.1, 0.15) is 0 Å².